The van der Waals surface area contributed by atoms with Gasteiger partial charge in [-0.05, 0) is 36.5 Å². The lowest BCUT2D eigenvalue weighted by Gasteiger charge is -2.37. The highest BCUT2D eigenvalue weighted by molar-refractivity contribution is 6.03. The molecule has 1 atom stereocenters. The minimum atomic E-state index is -0.610. The van der Waals surface area contributed by atoms with Crippen molar-refractivity contribution in [2.45, 2.75) is 59.3 Å². The molecule has 2 aliphatic rings. The summed E-state index contributed by atoms with van der Waals surface area (Å²) in [6.45, 7) is 8.75. The molecule has 0 fully saturated rings. The lowest BCUT2D eigenvalue weighted by Crippen LogP contribution is -2.35. The summed E-state index contributed by atoms with van der Waals surface area (Å²) in [6.07, 6.45) is 3.01. The Hall–Kier alpha value is -2.76. The fraction of sp³-hybridized carbons (Fsp3) is 0.500. The van der Waals surface area contributed by atoms with Gasteiger partial charge < -0.3 is 19.9 Å². The largest absolute Gasteiger partial charge is 0.494 e. The number of allylic oxidation sites excluding steroid dienone is 2. The third-order valence-electron chi connectivity index (χ3n) is 5.43. The quantitative estimate of drug-likeness (QED) is 0.528. The predicted molar refractivity (Wildman–Crippen MR) is 114 cm³/mol. The average molecular weight is 414 g/mol. The van der Waals surface area contributed by atoms with Crippen LogP contribution in [0.3, 0.4) is 0 Å². The molecule has 3 rings (SSSR count). The standard InChI is InChI=1S/C24H31NO5/c1-5-7-12-29-16-10-8-15(9-11-16)19-20-17(26)13-24(3,4)14-18(20)30-22(25)21(19)23(27)28-6-2/h8-11,19H,5-7,12-14,25H2,1-4H3/t19-/m1/s1. The first-order chi connectivity index (χ1) is 14.3. The Balaban J connectivity index is 2.02. The third-order valence-corrected chi connectivity index (χ3v) is 5.43. The number of unbranched alkanes of at least 4 members (excludes halogenated alkanes) is 1. The van der Waals surface area contributed by atoms with Gasteiger partial charge in [-0.15, -0.1) is 0 Å². The second-order valence-corrected chi connectivity index (χ2v) is 8.58. The lowest BCUT2D eigenvalue weighted by atomic mass is 9.70. The van der Waals surface area contributed by atoms with Crippen molar-refractivity contribution in [3.63, 3.8) is 0 Å². The van der Waals surface area contributed by atoms with E-state index in [1.165, 1.54) is 0 Å². The molecule has 0 saturated carbocycles. The topological polar surface area (TPSA) is 87.8 Å². The van der Waals surface area contributed by atoms with Gasteiger partial charge in [-0.1, -0.05) is 39.3 Å². The van der Waals surface area contributed by atoms with Crippen LogP contribution in [-0.2, 0) is 19.1 Å². The van der Waals surface area contributed by atoms with E-state index < -0.39 is 11.9 Å². The molecule has 0 radical (unpaired) electrons. The molecule has 162 valence electrons. The molecule has 6 heteroatoms. The van der Waals surface area contributed by atoms with Gasteiger partial charge in [0.1, 0.15) is 17.1 Å². The van der Waals surface area contributed by atoms with Crippen LogP contribution in [0.4, 0.5) is 0 Å². The summed E-state index contributed by atoms with van der Waals surface area (Å²) in [4.78, 5) is 25.9. The van der Waals surface area contributed by atoms with Gasteiger partial charge in [0.25, 0.3) is 0 Å². The first kappa shape index (κ1) is 21.9. The van der Waals surface area contributed by atoms with E-state index in [2.05, 4.69) is 6.92 Å². The number of ether oxygens (including phenoxy) is 3. The van der Waals surface area contributed by atoms with Crippen molar-refractivity contribution in [2.75, 3.05) is 13.2 Å². The number of carbonyl (C=O) groups excluding carboxylic acids is 2. The summed E-state index contributed by atoms with van der Waals surface area (Å²) in [5, 5.41) is 0. The second-order valence-electron chi connectivity index (χ2n) is 8.58. The summed E-state index contributed by atoms with van der Waals surface area (Å²) < 4.78 is 16.8. The van der Waals surface area contributed by atoms with Crippen molar-refractivity contribution in [1.82, 2.24) is 0 Å². The highest BCUT2D eigenvalue weighted by Crippen LogP contribution is 2.48. The molecule has 1 aromatic carbocycles. The number of ketones is 1. The Labute approximate surface area is 178 Å². The monoisotopic (exact) mass is 413 g/mol. The van der Waals surface area contributed by atoms with Crippen molar-refractivity contribution in [3.8, 4) is 5.75 Å². The van der Waals surface area contributed by atoms with E-state index in [-0.39, 0.29) is 29.3 Å². The number of hydrogen-bond donors (Lipinski definition) is 1. The van der Waals surface area contributed by atoms with E-state index in [4.69, 9.17) is 19.9 Å². The van der Waals surface area contributed by atoms with Gasteiger partial charge >= 0.3 is 5.97 Å². The highest BCUT2D eigenvalue weighted by Gasteiger charge is 2.45. The zero-order chi connectivity index (χ0) is 21.9. The Kier molecular flexibility index (Phi) is 6.54. The molecule has 6 nitrogen and oxygen atoms in total. The molecule has 0 saturated heterocycles. The highest BCUT2D eigenvalue weighted by atomic mass is 16.5. The summed E-state index contributed by atoms with van der Waals surface area (Å²) in [7, 11) is 0. The zero-order valence-corrected chi connectivity index (χ0v) is 18.2. The van der Waals surface area contributed by atoms with E-state index in [1.54, 1.807) is 6.92 Å². The number of esters is 1. The number of hydrogen-bond acceptors (Lipinski definition) is 6. The molecule has 0 unspecified atom stereocenters. The molecule has 0 bridgehead atoms. The Morgan fingerprint density at radius 1 is 1.20 bits per heavy atom. The van der Waals surface area contributed by atoms with Crippen LogP contribution in [0.2, 0.25) is 0 Å². The van der Waals surface area contributed by atoms with Gasteiger partial charge in [-0.3, -0.25) is 4.79 Å². The Morgan fingerprint density at radius 2 is 1.90 bits per heavy atom. The maximum absolute atomic E-state index is 13.1. The van der Waals surface area contributed by atoms with Crippen LogP contribution in [0.1, 0.15) is 64.9 Å². The van der Waals surface area contributed by atoms with Crippen LogP contribution >= 0.6 is 0 Å². The van der Waals surface area contributed by atoms with Crippen LogP contribution in [0.25, 0.3) is 0 Å². The Bertz CT molecular complexity index is 879. The van der Waals surface area contributed by atoms with Gasteiger partial charge in [0, 0.05) is 18.4 Å². The molecule has 2 N–H and O–H groups in total. The maximum atomic E-state index is 13.1. The summed E-state index contributed by atoms with van der Waals surface area (Å²) in [6, 6.07) is 7.47. The van der Waals surface area contributed by atoms with E-state index in [0.29, 0.717) is 30.8 Å². The molecule has 0 amide bonds. The van der Waals surface area contributed by atoms with Crippen LogP contribution in [0, 0.1) is 5.41 Å². The second kappa shape index (κ2) is 8.94. The van der Waals surface area contributed by atoms with Crippen LogP contribution in [-0.4, -0.2) is 25.0 Å². The van der Waals surface area contributed by atoms with Gasteiger partial charge in [-0.25, -0.2) is 4.79 Å². The van der Waals surface area contributed by atoms with Crippen molar-refractivity contribution in [3.05, 3.63) is 52.6 Å². The molecule has 30 heavy (non-hydrogen) atoms. The van der Waals surface area contributed by atoms with Crippen LogP contribution < -0.4 is 10.5 Å². The number of benzene rings is 1. The van der Waals surface area contributed by atoms with Gasteiger partial charge in [-0.2, -0.15) is 0 Å². The van der Waals surface area contributed by atoms with E-state index >= 15 is 0 Å². The normalized spacial score (nSPS) is 20.5. The fourth-order valence-electron chi connectivity index (χ4n) is 4.02. The minimum Gasteiger partial charge on any atom is -0.494 e. The van der Waals surface area contributed by atoms with E-state index in [0.717, 1.165) is 24.2 Å². The van der Waals surface area contributed by atoms with Gasteiger partial charge in [0.05, 0.1) is 19.1 Å². The SMILES string of the molecule is CCCCOc1ccc([C@H]2C(C(=O)OCC)=C(N)OC3=C2C(=O)CC(C)(C)C3)cc1. The van der Waals surface area contributed by atoms with Crippen molar-refractivity contribution >= 4 is 11.8 Å². The van der Waals surface area contributed by atoms with Crippen molar-refractivity contribution < 1.29 is 23.8 Å². The first-order valence-electron chi connectivity index (χ1n) is 10.6. The molecular formula is C24H31NO5. The maximum Gasteiger partial charge on any atom is 0.340 e. The summed E-state index contributed by atoms with van der Waals surface area (Å²) in [5.41, 5.74) is 7.43. The van der Waals surface area contributed by atoms with Gasteiger partial charge in [0.15, 0.2) is 5.78 Å². The smallest absolute Gasteiger partial charge is 0.340 e. The van der Waals surface area contributed by atoms with E-state index in [1.807, 2.05) is 38.1 Å². The van der Waals surface area contributed by atoms with Crippen LogP contribution in [0.15, 0.2) is 47.1 Å². The number of carbonyl (C=O) groups is 2. The third kappa shape index (κ3) is 4.53. The molecular weight excluding hydrogens is 382 g/mol. The molecule has 1 aromatic rings. The molecule has 1 aliphatic carbocycles. The minimum absolute atomic E-state index is 0.00553. The number of rotatable bonds is 7. The molecule has 1 aliphatic heterocycles. The predicted octanol–water partition coefficient (Wildman–Crippen LogP) is 4.36. The number of nitrogens with two attached hydrogens (primary N) is 1. The summed E-state index contributed by atoms with van der Waals surface area (Å²) >= 11 is 0. The number of Topliss-reactive ketones (excluding diaryl/α,β-unsaturated/α-hetero) is 1. The molecule has 1 heterocycles. The van der Waals surface area contributed by atoms with Crippen molar-refractivity contribution in [1.29, 1.82) is 0 Å². The van der Waals surface area contributed by atoms with E-state index in [9.17, 15) is 9.59 Å². The molecule has 0 aromatic heterocycles. The lowest BCUT2D eigenvalue weighted by molar-refractivity contribution is -0.139. The van der Waals surface area contributed by atoms with Crippen molar-refractivity contribution in [2.24, 2.45) is 11.1 Å². The average Bonchev–Trinajstić information content (AvgIpc) is 2.67. The zero-order valence-electron chi connectivity index (χ0n) is 18.2. The van der Waals surface area contributed by atoms with Crippen LogP contribution in [0.5, 0.6) is 5.75 Å². The first-order valence-corrected chi connectivity index (χ1v) is 10.6. The molecule has 0 spiro atoms. The van der Waals surface area contributed by atoms with Gasteiger partial charge in [0.2, 0.25) is 5.88 Å². The summed E-state index contributed by atoms with van der Waals surface area (Å²) in [5.74, 6) is 0.109. The Morgan fingerprint density at radius 3 is 2.53 bits per heavy atom. The fourth-order valence-corrected chi connectivity index (χ4v) is 4.02.